The van der Waals surface area contributed by atoms with Crippen molar-refractivity contribution in [3.63, 3.8) is 0 Å². The summed E-state index contributed by atoms with van der Waals surface area (Å²) in [5, 5.41) is 17.9. The van der Waals surface area contributed by atoms with E-state index in [2.05, 4.69) is 36.3 Å². The molecule has 126 valence electrons. The van der Waals surface area contributed by atoms with Crippen LogP contribution in [0.15, 0.2) is 12.4 Å². The third-order valence-corrected chi connectivity index (χ3v) is 4.74. The van der Waals surface area contributed by atoms with E-state index >= 15 is 0 Å². The summed E-state index contributed by atoms with van der Waals surface area (Å²) in [7, 11) is 2.06. The normalized spacial score (nSPS) is 19.3. The van der Waals surface area contributed by atoms with Crippen molar-refractivity contribution in [3.8, 4) is 0 Å². The number of rotatable bonds is 6. The molecule has 0 unspecified atom stereocenters. The van der Waals surface area contributed by atoms with Crippen molar-refractivity contribution in [2.24, 2.45) is 7.05 Å². The number of aliphatic hydroxyl groups excluding tert-OH is 1. The van der Waals surface area contributed by atoms with Gasteiger partial charge in [-0.1, -0.05) is 0 Å². The van der Waals surface area contributed by atoms with Crippen molar-refractivity contribution in [1.29, 1.82) is 0 Å². The van der Waals surface area contributed by atoms with Crippen LogP contribution in [-0.4, -0.2) is 60.6 Å². The van der Waals surface area contributed by atoms with Crippen molar-refractivity contribution in [1.82, 2.24) is 29.2 Å². The molecule has 1 atom stereocenters. The first-order valence-corrected chi connectivity index (χ1v) is 8.38. The maximum atomic E-state index is 9.01. The van der Waals surface area contributed by atoms with Gasteiger partial charge in [0.2, 0.25) is 0 Å². The predicted molar refractivity (Wildman–Crippen MR) is 87.2 cm³/mol. The van der Waals surface area contributed by atoms with Gasteiger partial charge in [0.15, 0.2) is 5.82 Å². The van der Waals surface area contributed by atoms with Crippen LogP contribution < -0.4 is 0 Å². The molecule has 7 heteroatoms. The molecule has 1 N–H and O–H groups in total. The molecule has 1 aliphatic heterocycles. The minimum Gasteiger partial charge on any atom is -0.396 e. The lowest BCUT2D eigenvalue weighted by Gasteiger charge is -2.32. The Balaban J connectivity index is 1.70. The number of hydrogen-bond acceptors (Lipinski definition) is 5. The van der Waals surface area contributed by atoms with E-state index in [1.54, 1.807) is 0 Å². The van der Waals surface area contributed by atoms with Gasteiger partial charge < -0.3 is 19.1 Å². The fourth-order valence-electron chi connectivity index (χ4n) is 3.36. The van der Waals surface area contributed by atoms with Gasteiger partial charge >= 0.3 is 0 Å². The number of aryl methyl sites for hydroxylation is 1. The Kier molecular flexibility index (Phi) is 5.07. The van der Waals surface area contributed by atoms with Crippen molar-refractivity contribution in [3.05, 3.63) is 29.9 Å². The van der Waals surface area contributed by atoms with Crippen LogP contribution in [0.1, 0.15) is 42.7 Å². The Morgan fingerprint density at radius 3 is 2.96 bits per heavy atom. The highest BCUT2D eigenvalue weighted by Crippen LogP contribution is 2.25. The summed E-state index contributed by atoms with van der Waals surface area (Å²) in [6, 6.07) is 0. The molecule has 0 radical (unpaired) electrons. The molecule has 0 saturated carbocycles. The maximum absolute atomic E-state index is 9.01. The molecule has 1 saturated heterocycles. The van der Waals surface area contributed by atoms with E-state index in [1.807, 2.05) is 19.3 Å². The lowest BCUT2D eigenvalue weighted by Crippen LogP contribution is -2.36. The van der Waals surface area contributed by atoms with Gasteiger partial charge in [0.05, 0.1) is 6.54 Å². The predicted octanol–water partition coefficient (Wildman–Crippen LogP) is 0.930. The Bertz CT molecular complexity index is 634. The van der Waals surface area contributed by atoms with E-state index in [9.17, 15) is 0 Å². The summed E-state index contributed by atoms with van der Waals surface area (Å²) < 4.78 is 4.22. The molecule has 7 nitrogen and oxygen atoms in total. The first-order chi connectivity index (χ1) is 11.2. The molecule has 0 aliphatic carbocycles. The Morgan fingerprint density at radius 2 is 2.22 bits per heavy atom. The van der Waals surface area contributed by atoms with E-state index in [0.29, 0.717) is 12.5 Å². The quantitative estimate of drug-likeness (QED) is 0.858. The molecular weight excluding hydrogens is 292 g/mol. The van der Waals surface area contributed by atoms with Crippen LogP contribution in [0.4, 0.5) is 0 Å². The topological polar surface area (TPSA) is 72.0 Å². The zero-order valence-electron chi connectivity index (χ0n) is 14.0. The first kappa shape index (κ1) is 16.1. The fraction of sp³-hybridized carbons (Fsp3) is 0.688. The summed E-state index contributed by atoms with van der Waals surface area (Å²) >= 11 is 0. The molecule has 3 heterocycles. The van der Waals surface area contributed by atoms with E-state index in [1.165, 1.54) is 6.42 Å². The van der Waals surface area contributed by atoms with Crippen LogP contribution in [0.3, 0.4) is 0 Å². The average molecular weight is 318 g/mol. The maximum Gasteiger partial charge on any atom is 0.152 e. The van der Waals surface area contributed by atoms with E-state index in [-0.39, 0.29) is 6.61 Å². The van der Waals surface area contributed by atoms with Gasteiger partial charge in [-0.15, -0.1) is 10.2 Å². The van der Waals surface area contributed by atoms with Crippen LogP contribution >= 0.6 is 0 Å². The summed E-state index contributed by atoms with van der Waals surface area (Å²) in [4.78, 5) is 6.69. The second-order valence-electron chi connectivity index (χ2n) is 6.35. The van der Waals surface area contributed by atoms with Gasteiger partial charge in [0.25, 0.3) is 0 Å². The lowest BCUT2D eigenvalue weighted by molar-refractivity contribution is 0.180. The lowest BCUT2D eigenvalue weighted by atomic mass is 9.97. The van der Waals surface area contributed by atoms with Gasteiger partial charge in [0.1, 0.15) is 11.6 Å². The van der Waals surface area contributed by atoms with E-state index < -0.39 is 0 Å². The minimum atomic E-state index is 0.263. The Morgan fingerprint density at radius 1 is 1.35 bits per heavy atom. The van der Waals surface area contributed by atoms with E-state index in [0.717, 1.165) is 49.9 Å². The van der Waals surface area contributed by atoms with Crippen LogP contribution in [-0.2, 0) is 13.6 Å². The zero-order chi connectivity index (χ0) is 16.2. The molecule has 3 rings (SSSR count). The fourth-order valence-corrected chi connectivity index (χ4v) is 3.36. The molecule has 0 amide bonds. The van der Waals surface area contributed by atoms with Gasteiger partial charge in [-0.25, -0.2) is 4.98 Å². The number of hydrogen-bond donors (Lipinski definition) is 1. The molecule has 2 aromatic heterocycles. The second kappa shape index (κ2) is 7.23. The monoisotopic (exact) mass is 318 g/mol. The van der Waals surface area contributed by atoms with Crippen LogP contribution in [0.5, 0.6) is 0 Å². The van der Waals surface area contributed by atoms with Crippen LogP contribution in [0.25, 0.3) is 0 Å². The standard InChI is InChI=1S/C16H26N6O/c1-13-17-6-9-22(13)12-15-18-19-16(20(15)2)14-5-3-7-21(11-14)8-4-10-23/h6,9,14,23H,3-5,7-8,10-12H2,1-2H3/t14-/m0/s1. The SMILES string of the molecule is Cc1nccn1Cc1nnc([C@H]2CCCN(CCCO)C2)n1C. The van der Waals surface area contributed by atoms with Crippen molar-refractivity contribution >= 4 is 0 Å². The Labute approximate surface area is 137 Å². The van der Waals surface area contributed by atoms with Gasteiger partial charge in [0, 0.05) is 45.1 Å². The number of aliphatic hydroxyl groups is 1. The number of nitrogens with zero attached hydrogens (tertiary/aromatic N) is 6. The smallest absolute Gasteiger partial charge is 0.152 e. The first-order valence-electron chi connectivity index (χ1n) is 8.38. The summed E-state index contributed by atoms with van der Waals surface area (Å²) in [5.74, 6) is 3.46. The van der Waals surface area contributed by atoms with E-state index in [4.69, 9.17) is 5.11 Å². The Hall–Kier alpha value is -1.73. The van der Waals surface area contributed by atoms with Crippen molar-refractivity contribution in [2.75, 3.05) is 26.2 Å². The highest BCUT2D eigenvalue weighted by Gasteiger charge is 2.25. The molecular formula is C16H26N6O. The highest BCUT2D eigenvalue weighted by molar-refractivity contribution is 5.05. The molecule has 0 spiro atoms. The molecule has 2 aromatic rings. The average Bonchev–Trinajstić information content (AvgIpc) is 3.13. The molecule has 0 aromatic carbocycles. The molecule has 23 heavy (non-hydrogen) atoms. The number of aromatic nitrogens is 5. The molecule has 0 bridgehead atoms. The third-order valence-electron chi connectivity index (χ3n) is 4.74. The largest absolute Gasteiger partial charge is 0.396 e. The number of imidazole rings is 1. The highest BCUT2D eigenvalue weighted by atomic mass is 16.3. The summed E-state index contributed by atoms with van der Waals surface area (Å²) in [5.41, 5.74) is 0. The van der Waals surface area contributed by atoms with Crippen LogP contribution in [0.2, 0.25) is 0 Å². The van der Waals surface area contributed by atoms with Crippen LogP contribution in [0, 0.1) is 6.92 Å². The molecule has 1 fully saturated rings. The van der Waals surface area contributed by atoms with Crippen molar-refractivity contribution in [2.45, 2.75) is 38.6 Å². The number of piperidine rings is 1. The molecule has 1 aliphatic rings. The summed E-state index contributed by atoms with van der Waals surface area (Å²) in [6.45, 7) is 6.06. The van der Waals surface area contributed by atoms with Gasteiger partial charge in [-0.05, 0) is 32.7 Å². The van der Waals surface area contributed by atoms with Gasteiger partial charge in [-0.2, -0.15) is 0 Å². The number of likely N-dealkylation sites (tertiary alicyclic amines) is 1. The summed E-state index contributed by atoms with van der Waals surface area (Å²) in [6.07, 6.45) is 6.97. The minimum absolute atomic E-state index is 0.263. The zero-order valence-corrected chi connectivity index (χ0v) is 14.0. The van der Waals surface area contributed by atoms with Gasteiger partial charge in [-0.3, -0.25) is 0 Å². The second-order valence-corrected chi connectivity index (χ2v) is 6.35. The van der Waals surface area contributed by atoms with Crippen molar-refractivity contribution < 1.29 is 5.11 Å². The third kappa shape index (κ3) is 3.61.